The van der Waals surface area contributed by atoms with Crippen LogP contribution in [0.25, 0.3) is 0 Å². The van der Waals surface area contributed by atoms with Gasteiger partial charge in [0, 0.05) is 11.0 Å². The number of amides is 2. The van der Waals surface area contributed by atoms with Crippen molar-refractivity contribution in [1.82, 2.24) is 5.32 Å². The summed E-state index contributed by atoms with van der Waals surface area (Å²) in [6.07, 6.45) is 0.309. The largest absolute Gasteiger partial charge is 0.481 e. The van der Waals surface area contributed by atoms with Crippen molar-refractivity contribution in [2.45, 2.75) is 13.3 Å². The van der Waals surface area contributed by atoms with E-state index in [1.807, 2.05) is 0 Å². The van der Waals surface area contributed by atoms with Crippen molar-refractivity contribution in [3.63, 3.8) is 0 Å². The maximum Gasteiger partial charge on any atom is 0.319 e. The average molecular weight is 333 g/mol. The van der Waals surface area contributed by atoms with Gasteiger partial charge in [-0.3, -0.25) is 4.79 Å². The van der Waals surface area contributed by atoms with Gasteiger partial charge >= 0.3 is 12.0 Å². The van der Waals surface area contributed by atoms with E-state index in [1.54, 1.807) is 6.92 Å². The number of rotatable bonds is 5. The Hall–Kier alpha value is -1.63. The quantitative estimate of drug-likeness (QED) is 0.775. The Bertz CT molecular complexity index is 482. The van der Waals surface area contributed by atoms with Gasteiger partial charge in [-0.15, -0.1) is 0 Å². The van der Waals surface area contributed by atoms with Crippen molar-refractivity contribution in [2.24, 2.45) is 5.92 Å². The van der Waals surface area contributed by atoms with E-state index in [9.17, 15) is 14.0 Å². The number of aliphatic carboxylic acids is 1. The predicted molar refractivity (Wildman–Crippen MR) is 72.5 cm³/mol. The molecule has 0 aliphatic heterocycles. The standard InChI is InChI=1S/C12H14BrFN2O3/c1-7(11(17)18)4-5-15-12(19)16-10-6-8(13)2-3-9(10)14/h2-3,6-7H,4-5H2,1H3,(H,17,18)(H2,15,16,19). The van der Waals surface area contributed by atoms with Crippen molar-refractivity contribution < 1.29 is 19.1 Å². The smallest absolute Gasteiger partial charge is 0.319 e. The van der Waals surface area contributed by atoms with Crippen molar-refractivity contribution in [3.8, 4) is 0 Å². The van der Waals surface area contributed by atoms with Crippen LogP contribution >= 0.6 is 15.9 Å². The summed E-state index contributed by atoms with van der Waals surface area (Å²) in [4.78, 5) is 22.0. The molecule has 0 saturated carbocycles. The molecule has 0 fully saturated rings. The van der Waals surface area contributed by atoms with E-state index < -0.39 is 23.7 Å². The lowest BCUT2D eigenvalue weighted by atomic mass is 10.1. The lowest BCUT2D eigenvalue weighted by molar-refractivity contribution is -0.141. The Labute approximate surface area is 118 Å². The Balaban J connectivity index is 2.43. The third kappa shape index (κ3) is 5.25. The minimum Gasteiger partial charge on any atom is -0.481 e. The van der Waals surface area contributed by atoms with Crippen molar-refractivity contribution in [1.29, 1.82) is 0 Å². The Morgan fingerprint density at radius 2 is 2.16 bits per heavy atom. The van der Waals surface area contributed by atoms with E-state index in [2.05, 4.69) is 26.6 Å². The highest BCUT2D eigenvalue weighted by atomic mass is 79.9. The summed E-state index contributed by atoms with van der Waals surface area (Å²) in [6.45, 7) is 1.75. The lowest BCUT2D eigenvalue weighted by Crippen LogP contribution is -2.31. The van der Waals surface area contributed by atoms with Crippen LogP contribution in [0.15, 0.2) is 22.7 Å². The summed E-state index contributed by atoms with van der Waals surface area (Å²) in [6, 6.07) is 3.61. The molecule has 1 rings (SSSR count). The first-order valence-electron chi connectivity index (χ1n) is 5.63. The van der Waals surface area contributed by atoms with Gasteiger partial charge in [0.25, 0.3) is 0 Å². The fourth-order valence-corrected chi connectivity index (χ4v) is 1.65. The molecule has 104 valence electrons. The molecule has 0 heterocycles. The Morgan fingerprint density at radius 1 is 1.47 bits per heavy atom. The van der Waals surface area contributed by atoms with E-state index in [0.29, 0.717) is 10.9 Å². The lowest BCUT2D eigenvalue weighted by Gasteiger charge is -2.10. The SMILES string of the molecule is CC(CCNC(=O)Nc1cc(Br)ccc1F)C(=O)O. The topological polar surface area (TPSA) is 78.4 Å². The van der Waals surface area contributed by atoms with Gasteiger partial charge in [0.05, 0.1) is 11.6 Å². The molecule has 0 aromatic heterocycles. The molecule has 1 atom stereocenters. The zero-order chi connectivity index (χ0) is 14.4. The Morgan fingerprint density at radius 3 is 2.79 bits per heavy atom. The van der Waals surface area contributed by atoms with Crippen LogP contribution in [0.3, 0.4) is 0 Å². The number of urea groups is 1. The van der Waals surface area contributed by atoms with E-state index in [0.717, 1.165) is 0 Å². The highest BCUT2D eigenvalue weighted by molar-refractivity contribution is 9.10. The normalized spacial score (nSPS) is 11.7. The monoisotopic (exact) mass is 332 g/mol. The van der Waals surface area contributed by atoms with Crippen LogP contribution in [0.1, 0.15) is 13.3 Å². The number of carboxylic acid groups (broad SMARTS) is 1. The molecule has 1 aromatic rings. The number of anilines is 1. The van der Waals surface area contributed by atoms with E-state index in [-0.39, 0.29) is 12.2 Å². The number of carbonyl (C=O) groups is 2. The number of hydrogen-bond acceptors (Lipinski definition) is 2. The molecule has 0 spiro atoms. The highest BCUT2D eigenvalue weighted by Crippen LogP contribution is 2.19. The third-order valence-corrected chi connectivity index (χ3v) is 2.95. The maximum absolute atomic E-state index is 13.3. The number of halogens is 2. The van der Waals surface area contributed by atoms with Gasteiger partial charge in [-0.2, -0.15) is 0 Å². The van der Waals surface area contributed by atoms with Crippen LogP contribution in [0.5, 0.6) is 0 Å². The van der Waals surface area contributed by atoms with E-state index >= 15 is 0 Å². The zero-order valence-corrected chi connectivity index (χ0v) is 11.8. The average Bonchev–Trinajstić information content (AvgIpc) is 2.33. The first-order valence-corrected chi connectivity index (χ1v) is 6.42. The number of hydrogen-bond donors (Lipinski definition) is 3. The van der Waals surface area contributed by atoms with Gasteiger partial charge in [0.15, 0.2) is 0 Å². The van der Waals surface area contributed by atoms with Crippen LogP contribution in [0.2, 0.25) is 0 Å². The first kappa shape index (κ1) is 15.4. The summed E-state index contributed by atoms with van der Waals surface area (Å²) in [5, 5.41) is 13.5. The van der Waals surface area contributed by atoms with Gasteiger partial charge in [0.1, 0.15) is 5.82 Å². The van der Waals surface area contributed by atoms with Gasteiger partial charge < -0.3 is 15.7 Å². The summed E-state index contributed by atoms with van der Waals surface area (Å²) in [5.41, 5.74) is 0.0539. The molecule has 0 aliphatic rings. The molecule has 3 N–H and O–H groups in total. The number of nitrogens with one attached hydrogen (secondary N) is 2. The maximum atomic E-state index is 13.3. The summed E-state index contributed by atoms with van der Waals surface area (Å²) in [5.74, 6) is -2.00. The molecule has 1 aromatic carbocycles. The molecule has 7 heteroatoms. The van der Waals surface area contributed by atoms with Gasteiger partial charge in [0.2, 0.25) is 0 Å². The predicted octanol–water partition coefficient (Wildman–Crippen LogP) is 2.82. The fourth-order valence-electron chi connectivity index (χ4n) is 1.29. The minimum absolute atomic E-state index is 0.0539. The van der Waals surface area contributed by atoms with Gasteiger partial charge in [-0.1, -0.05) is 22.9 Å². The first-order chi connectivity index (χ1) is 8.90. The van der Waals surface area contributed by atoms with Crippen molar-refractivity contribution in [3.05, 3.63) is 28.5 Å². The molecule has 1 unspecified atom stereocenters. The van der Waals surface area contributed by atoms with Crippen LogP contribution < -0.4 is 10.6 Å². The number of carboxylic acids is 1. The van der Waals surface area contributed by atoms with Crippen molar-refractivity contribution >= 4 is 33.6 Å². The van der Waals surface area contributed by atoms with Crippen molar-refractivity contribution in [2.75, 3.05) is 11.9 Å². The molecule has 0 saturated heterocycles. The molecule has 19 heavy (non-hydrogen) atoms. The number of carbonyl (C=O) groups excluding carboxylic acids is 1. The second-order valence-corrected chi connectivity index (χ2v) is 4.95. The van der Waals surface area contributed by atoms with Crippen LogP contribution in [-0.4, -0.2) is 23.7 Å². The molecule has 2 amide bonds. The van der Waals surface area contributed by atoms with E-state index in [4.69, 9.17) is 5.11 Å². The highest BCUT2D eigenvalue weighted by Gasteiger charge is 2.11. The molecule has 5 nitrogen and oxygen atoms in total. The molecule has 0 bridgehead atoms. The molecular formula is C12H14BrFN2O3. The summed E-state index contributed by atoms with van der Waals surface area (Å²) in [7, 11) is 0. The third-order valence-electron chi connectivity index (χ3n) is 2.46. The van der Waals surface area contributed by atoms with Crippen LogP contribution in [0, 0.1) is 11.7 Å². The van der Waals surface area contributed by atoms with E-state index in [1.165, 1.54) is 18.2 Å². The van der Waals surface area contributed by atoms with Gasteiger partial charge in [-0.25, -0.2) is 9.18 Å². The zero-order valence-electron chi connectivity index (χ0n) is 10.2. The summed E-state index contributed by atoms with van der Waals surface area (Å²) < 4.78 is 14.0. The summed E-state index contributed by atoms with van der Waals surface area (Å²) >= 11 is 3.17. The second-order valence-electron chi connectivity index (χ2n) is 4.03. The number of benzene rings is 1. The second kappa shape index (κ2) is 7.08. The van der Waals surface area contributed by atoms with Crippen LogP contribution in [0.4, 0.5) is 14.9 Å². The molecular weight excluding hydrogens is 319 g/mol. The van der Waals surface area contributed by atoms with Gasteiger partial charge in [-0.05, 0) is 24.6 Å². The molecule has 0 radical (unpaired) electrons. The molecule has 0 aliphatic carbocycles. The Kier molecular flexibility index (Phi) is 5.75. The van der Waals surface area contributed by atoms with Crippen LogP contribution in [-0.2, 0) is 4.79 Å². The fraction of sp³-hybridized carbons (Fsp3) is 0.333. The minimum atomic E-state index is -0.916.